The van der Waals surface area contributed by atoms with Crippen LogP contribution in [0.15, 0.2) is 164 Å². The third-order valence-corrected chi connectivity index (χ3v) is 9.82. The molecule has 0 saturated carbocycles. The van der Waals surface area contributed by atoms with Crippen molar-refractivity contribution in [2.45, 2.75) is 0 Å². The predicted octanol–water partition coefficient (Wildman–Crippen LogP) is 10.6. The zero-order chi connectivity index (χ0) is 31.6. The molecule has 10 rings (SSSR count). The summed E-state index contributed by atoms with van der Waals surface area (Å²) < 4.78 is 4.76. The summed E-state index contributed by atoms with van der Waals surface area (Å²) in [6.07, 6.45) is 1.90. The van der Waals surface area contributed by atoms with Gasteiger partial charge in [-0.05, 0) is 72.8 Å². The van der Waals surface area contributed by atoms with E-state index in [0.29, 0.717) is 0 Å². The number of fused-ring (bicyclic) bond motifs is 7. The van der Waals surface area contributed by atoms with E-state index < -0.39 is 0 Å². The summed E-state index contributed by atoms with van der Waals surface area (Å²) in [6.45, 7) is 1.63. The van der Waals surface area contributed by atoms with Gasteiger partial charge in [0.25, 0.3) is 0 Å². The van der Waals surface area contributed by atoms with Crippen LogP contribution in [0.1, 0.15) is 0 Å². The summed E-state index contributed by atoms with van der Waals surface area (Å²) in [6, 6.07) is 56.7. The molecule has 0 N–H and O–H groups in total. The van der Waals surface area contributed by atoms with Crippen molar-refractivity contribution in [3.05, 3.63) is 164 Å². The molecule has 228 valence electrons. The maximum absolute atomic E-state index is 4.97. The van der Waals surface area contributed by atoms with E-state index in [1.54, 1.807) is 0 Å². The second-order valence-corrected chi connectivity index (χ2v) is 12.4. The largest absolute Gasteiger partial charge is 0.337 e. The lowest BCUT2D eigenvalue weighted by molar-refractivity contribution is 0.832. The van der Waals surface area contributed by atoms with Crippen LogP contribution in [-0.2, 0) is 0 Å². The molecule has 4 heterocycles. The Morgan fingerprint density at radius 3 is 1.29 bits per heavy atom. The fourth-order valence-electron chi connectivity index (χ4n) is 7.75. The molecule has 0 fully saturated rings. The van der Waals surface area contributed by atoms with Crippen molar-refractivity contribution in [1.29, 1.82) is 0 Å². The SMILES string of the molecule is c1cc(N2CCN(c3cccc(-n4c5ccccc5c5ccccc54)c3)c3ncccc32)cc(-n2c3ccccc3c3ccccc32)c1. The number of para-hydroxylation sites is 4. The lowest BCUT2D eigenvalue weighted by Crippen LogP contribution is -2.36. The van der Waals surface area contributed by atoms with E-state index in [0.717, 1.165) is 47.3 Å². The molecule has 1 aliphatic heterocycles. The second kappa shape index (κ2) is 10.6. The highest BCUT2D eigenvalue weighted by Crippen LogP contribution is 2.42. The number of anilines is 4. The van der Waals surface area contributed by atoms with Crippen LogP contribution in [0.25, 0.3) is 55.0 Å². The van der Waals surface area contributed by atoms with E-state index in [-0.39, 0.29) is 0 Å². The topological polar surface area (TPSA) is 29.2 Å². The van der Waals surface area contributed by atoms with E-state index in [2.05, 4.69) is 171 Å². The van der Waals surface area contributed by atoms with Crippen molar-refractivity contribution in [2.24, 2.45) is 0 Å². The molecule has 0 unspecified atom stereocenters. The van der Waals surface area contributed by atoms with Gasteiger partial charge in [0, 0.05) is 63.6 Å². The summed E-state index contributed by atoms with van der Waals surface area (Å²) in [7, 11) is 0. The molecule has 5 heteroatoms. The quantitative estimate of drug-likeness (QED) is 0.197. The third kappa shape index (κ3) is 4.01. The van der Waals surface area contributed by atoms with Crippen molar-refractivity contribution >= 4 is 66.5 Å². The Bertz CT molecular complexity index is 2370. The zero-order valence-electron chi connectivity index (χ0n) is 26.2. The number of pyridine rings is 1. The highest BCUT2D eigenvalue weighted by molar-refractivity contribution is 6.10. The Labute approximate surface area is 278 Å². The summed E-state index contributed by atoms with van der Waals surface area (Å²) >= 11 is 0. The Kier molecular flexibility index (Phi) is 5.93. The lowest BCUT2D eigenvalue weighted by Gasteiger charge is -2.38. The molecule has 0 radical (unpaired) electrons. The van der Waals surface area contributed by atoms with E-state index >= 15 is 0 Å². The van der Waals surface area contributed by atoms with Gasteiger partial charge in [-0.1, -0.05) is 84.9 Å². The van der Waals surface area contributed by atoms with Crippen LogP contribution >= 0.6 is 0 Å². The van der Waals surface area contributed by atoms with Gasteiger partial charge in [0.2, 0.25) is 0 Å². The fraction of sp³-hybridized carbons (Fsp3) is 0.0465. The molecule has 0 atom stereocenters. The summed E-state index contributed by atoms with van der Waals surface area (Å²) in [5.41, 5.74) is 10.5. The minimum Gasteiger partial charge on any atom is -0.337 e. The van der Waals surface area contributed by atoms with Gasteiger partial charge in [-0.25, -0.2) is 4.98 Å². The van der Waals surface area contributed by atoms with Gasteiger partial charge >= 0.3 is 0 Å². The van der Waals surface area contributed by atoms with Crippen LogP contribution in [0, 0.1) is 0 Å². The molecule has 1 aliphatic rings. The minimum absolute atomic E-state index is 0.806. The molecule has 0 amide bonds. The molecule has 6 aromatic carbocycles. The maximum Gasteiger partial charge on any atom is 0.157 e. The molecule has 0 spiro atoms. The van der Waals surface area contributed by atoms with Crippen LogP contribution in [0.3, 0.4) is 0 Å². The molecular formula is C43H31N5. The first kappa shape index (κ1) is 26.8. The van der Waals surface area contributed by atoms with E-state index in [4.69, 9.17) is 4.98 Å². The van der Waals surface area contributed by atoms with Gasteiger partial charge in [-0.15, -0.1) is 0 Å². The standard InChI is InChI=1S/C43H31N5/c1-5-20-38-34(16-1)35-17-2-6-21-39(35)47(38)32-14-9-12-30(28-32)45-26-27-46(43-42(45)24-11-25-44-43)31-13-10-15-33(29-31)48-40-22-7-3-18-36(40)37-19-4-8-23-41(37)48/h1-25,28-29H,26-27H2. The lowest BCUT2D eigenvalue weighted by atomic mass is 10.1. The van der Waals surface area contributed by atoms with Gasteiger partial charge in [-0.2, -0.15) is 0 Å². The van der Waals surface area contributed by atoms with Crippen LogP contribution in [0.5, 0.6) is 0 Å². The van der Waals surface area contributed by atoms with Gasteiger partial charge in [0.05, 0.1) is 27.8 Å². The van der Waals surface area contributed by atoms with Gasteiger partial charge in [-0.3, -0.25) is 0 Å². The molecule has 0 aliphatic carbocycles. The Balaban J connectivity index is 1.06. The van der Waals surface area contributed by atoms with Crippen molar-refractivity contribution in [3.63, 3.8) is 0 Å². The predicted molar refractivity (Wildman–Crippen MR) is 200 cm³/mol. The highest BCUT2D eigenvalue weighted by atomic mass is 15.3. The third-order valence-electron chi connectivity index (χ3n) is 9.82. The number of nitrogens with zero attached hydrogens (tertiary/aromatic N) is 5. The van der Waals surface area contributed by atoms with Crippen LogP contribution in [0.4, 0.5) is 22.9 Å². The fourth-order valence-corrected chi connectivity index (χ4v) is 7.75. The first-order valence-electron chi connectivity index (χ1n) is 16.5. The molecule has 3 aromatic heterocycles. The van der Waals surface area contributed by atoms with Gasteiger partial charge in [0.15, 0.2) is 5.82 Å². The summed E-state index contributed by atoms with van der Waals surface area (Å²) in [4.78, 5) is 9.74. The monoisotopic (exact) mass is 617 g/mol. The van der Waals surface area contributed by atoms with Crippen LogP contribution in [0.2, 0.25) is 0 Å². The number of rotatable bonds is 4. The van der Waals surface area contributed by atoms with E-state index in [9.17, 15) is 0 Å². The summed E-state index contributed by atoms with van der Waals surface area (Å²) in [5.74, 6) is 0.963. The van der Waals surface area contributed by atoms with Crippen molar-refractivity contribution in [1.82, 2.24) is 14.1 Å². The average molecular weight is 618 g/mol. The van der Waals surface area contributed by atoms with Crippen molar-refractivity contribution in [2.75, 3.05) is 22.9 Å². The average Bonchev–Trinajstić information content (AvgIpc) is 3.68. The van der Waals surface area contributed by atoms with E-state index in [1.807, 2.05) is 12.3 Å². The normalized spacial score (nSPS) is 13.2. The Hall–Kier alpha value is -6.33. The summed E-state index contributed by atoms with van der Waals surface area (Å²) in [5, 5.41) is 5.07. The van der Waals surface area contributed by atoms with Crippen LogP contribution < -0.4 is 9.80 Å². The maximum atomic E-state index is 4.97. The smallest absolute Gasteiger partial charge is 0.157 e. The zero-order valence-corrected chi connectivity index (χ0v) is 26.2. The van der Waals surface area contributed by atoms with Gasteiger partial charge in [0.1, 0.15) is 0 Å². The number of benzene rings is 6. The molecular weight excluding hydrogens is 587 g/mol. The number of hydrogen-bond donors (Lipinski definition) is 0. The second-order valence-electron chi connectivity index (χ2n) is 12.4. The van der Waals surface area contributed by atoms with Gasteiger partial charge < -0.3 is 18.9 Å². The number of hydrogen-bond acceptors (Lipinski definition) is 3. The molecule has 9 aromatic rings. The molecule has 0 bridgehead atoms. The first-order valence-corrected chi connectivity index (χ1v) is 16.5. The molecule has 48 heavy (non-hydrogen) atoms. The Morgan fingerprint density at radius 1 is 0.375 bits per heavy atom. The number of aromatic nitrogens is 3. The molecule has 5 nitrogen and oxygen atoms in total. The van der Waals surface area contributed by atoms with Crippen molar-refractivity contribution in [3.8, 4) is 11.4 Å². The first-order chi connectivity index (χ1) is 23.8. The highest BCUT2D eigenvalue weighted by Gasteiger charge is 2.27. The van der Waals surface area contributed by atoms with Crippen molar-refractivity contribution < 1.29 is 0 Å². The Morgan fingerprint density at radius 2 is 0.792 bits per heavy atom. The molecule has 0 saturated heterocycles. The van der Waals surface area contributed by atoms with E-state index in [1.165, 1.54) is 43.6 Å². The minimum atomic E-state index is 0.806. The van der Waals surface area contributed by atoms with Crippen LogP contribution in [-0.4, -0.2) is 27.2 Å².